The second kappa shape index (κ2) is 10.7. The minimum absolute atomic E-state index is 0.112. The Kier molecular flexibility index (Phi) is 6.84. The number of nitrogens with one attached hydrogen (secondary N) is 1. The Morgan fingerprint density at radius 3 is 2.18 bits per heavy atom. The summed E-state index contributed by atoms with van der Waals surface area (Å²) in [6, 6.07) is 31.4. The Balaban J connectivity index is 1.21. The van der Waals surface area contributed by atoms with Crippen LogP contribution >= 0.6 is 0 Å². The van der Waals surface area contributed by atoms with E-state index in [4.69, 9.17) is 0 Å². The molecular formula is C33H32FN5. The molecule has 196 valence electrons. The average molecular weight is 518 g/mol. The van der Waals surface area contributed by atoms with Crippen molar-refractivity contribution in [3.63, 3.8) is 0 Å². The van der Waals surface area contributed by atoms with E-state index >= 15 is 0 Å². The molecule has 0 radical (unpaired) electrons. The molecule has 39 heavy (non-hydrogen) atoms. The summed E-state index contributed by atoms with van der Waals surface area (Å²) in [5.41, 5.74) is 6.67. The Labute approximate surface area is 228 Å². The quantitative estimate of drug-likeness (QED) is 0.251. The van der Waals surface area contributed by atoms with Gasteiger partial charge in [-0.15, -0.1) is 0 Å². The zero-order chi connectivity index (χ0) is 26.8. The molecule has 0 aliphatic carbocycles. The van der Waals surface area contributed by atoms with Crippen molar-refractivity contribution < 1.29 is 4.39 Å². The van der Waals surface area contributed by atoms with Gasteiger partial charge >= 0.3 is 0 Å². The number of allylic oxidation sites excluding steroid dienone is 1. The van der Waals surface area contributed by atoms with Crippen LogP contribution in [0.5, 0.6) is 0 Å². The lowest BCUT2D eigenvalue weighted by Crippen LogP contribution is -2.40. The molecule has 5 aromatic rings. The molecule has 0 spiro atoms. The minimum atomic E-state index is -0.424. The largest absolute Gasteiger partial charge is 0.374 e. The highest BCUT2D eigenvalue weighted by atomic mass is 19.1. The van der Waals surface area contributed by atoms with Gasteiger partial charge in [0.1, 0.15) is 5.82 Å². The molecule has 3 aromatic carbocycles. The van der Waals surface area contributed by atoms with Gasteiger partial charge in [-0.05, 0) is 36.5 Å². The van der Waals surface area contributed by atoms with E-state index in [9.17, 15) is 4.39 Å². The minimum Gasteiger partial charge on any atom is -0.374 e. The highest BCUT2D eigenvalue weighted by molar-refractivity contribution is 5.69. The first-order chi connectivity index (χ1) is 19.1. The lowest BCUT2D eigenvalue weighted by Gasteiger charge is -2.38. The number of anilines is 1. The van der Waals surface area contributed by atoms with E-state index in [1.165, 1.54) is 17.3 Å². The van der Waals surface area contributed by atoms with Crippen LogP contribution in [0.4, 0.5) is 10.2 Å². The number of rotatable bonds is 7. The van der Waals surface area contributed by atoms with Gasteiger partial charge in [-0.1, -0.05) is 91.5 Å². The summed E-state index contributed by atoms with van der Waals surface area (Å²) in [5.74, 6) is 0.443. The SMILES string of the molecule is C=C(C(c1ccccc1)c1ccccc1)N1CCC(Nc2cc(-c3ccccc3C)nc3c(F)cnn23)CC1. The van der Waals surface area contributed by atoms with Crippen molar-refractivity contribution in [3.8, 4) is 11.3 Å². The summed E-state index contributed by atoms with van der Waals surface area (Å²) >= 11 is 0. The van der Waals surface area contributed by atoms with E-state index in [0.717, 1.165) is 54.3 Å². The van der Waals surface area contributed by atoms with Gasteiger partial charge in [0.15, 0.2) is 11.5 Å². The van der Waals surface area contributed by atoms with Gasteiger partial charge in [0, 0.05) is 42.4 Å². The Morgan fingerprint density at radius 1 is 0.923 bits per heavy atom. The summed E-state index contributed by atoms with van der Waals surface area (Å²) in [5, 5.41) is 7.92. The lowest BCUT2D eigenvalue weighted by molar-refractivity contribution is 0.262. The number of hydrogen-bond acceptors (Lipinski definition) is 4. The number of aryl methyl sites for hydroxylation is 1. The summed E-state index contributed by atoms with van der Waals surface area (Å²) in [6.07, 6.45) is 3.10. The fraction of sp³-hybridized carbons (Fsp3) is 0.212. The number of fused-ring (bicyclic) bond motifs is 1. The molecular weight excluding hydrogens is 485 g/mol. The number of halogens is 1. The third kappa shape index (κ3) is 5.02. The van der Waals surface area contributed by atoms with Gasteiger partial charge < -0.3 is 10.2 Å². The molecule has 2 aromatic heterocycles. The molecule has 1 N–H and O–H groups in total. The topological polar surface area (TPSA) is 45.5 Å². The van der Waals surface area contributed by atoms with Crippen LogP contribution < -0.4 is 5.32 Å². The van der Waals surface area contributed by atoms with Gasteiger partial charge in [-0.3, -0.25) is 0 Å². The van der Waals surface area contributed by atoms with Crippen LogP contribution in [-0.2, 0) is 0 Å². The first-order valence-electron chi connectivity index (χ1n) is 13.5. The van der Waals surface area contributed by atoms with E-state index in [-0.39, 0.29) is 17.6 Å². The van der Waals surface area contributed by atoms with Crippen LogP contribution in [0.1, 0.15) is 35.4 Å². The Hall–Kier alpha value is -4.45. The maximum absolute atomic E-state index is 14.6. The fourth-order valence-electron chi connectivity index (χ4n) is 5.61. The summed E-state index contributed by atoms with van der Waals surface area (Å²) in [6.45, 7) is 8.40. The third-order valence-corrected chi connectivity index (χ3v) is 7.70. The standard InChI is InChI=1S/C33H32FN5/c1-23-11-9-10-16-28(23)30-21-31(39-33(37-30)29(34)22-35-39)36-27-17-19-38(20-18-27)24(2)32(25-12-5-3-6-13-25)26-14-7-4-8-15-26/h3-16,21-22,27,32,36H,2,17-20H2,1H3. The predicted octanol–water partition coefficient (Wildman–Crippen LogP) is 7.07. The summed E-state index contributed by atoms with van der Waals surface area (Å²) in [7, 11) is 0. The normalized spacial score (nSPS) is 14.2. The smallest absolute Gasteiger partial charge is 0.194 e. The van der Waals surface area contributed by atoms with Gasteiger partial charge in [0.25, 0.3) is 0 Å². The average Bonchev–Trinajstić information content (AvgIpc) is 3.35. The monoisotopic (exact) mass is 517 g/mol. The number of aromatic nitrogens is 3. The molecule has 0 unspecified atom stereocenters. The molecule has 0 saturated carbocycles. The molecule has 6 heteroatoms. The van der Waals surface area contributed by atoms with Crippen molar-refractivity contribution >= 4 is 11.5 Å². The number of likely N-dealkylation sites (tertiary alicyclic amines) is 1. The second-order valence-electron chi connectivity index (χ2n) is 10.2. The molecule has 0 bridgehead atoms. The van der Waals surface area contributed by atoms with Crippen LogP contribution in [0, 0.1) is 12.7 Å². The van der Waals surface area contributed by atoms with Crippen molar-refractivity contribution in [2.24, 2.45) is 0 Å². The van der Waals surface area contributed by atoms with E-state index in [1.54, 1.807) is 4.52 Å². The van der Waals surface area contributed by atoms with E-state index in [0.29, 0.717) is 0 Å². The first kappa shape index (κ1) is 24.9. The van der Waals surface area contributed by atoms with Crippen LogP contribution in [0.25, 0.3) is 16.9 Å². The fourth-order valence-corrected chi connectivity index (χ4v) is 5.61. The highest BCUT2D eigenvalue weighted by Gasteiger charge is 2.27. The number of benzene rings is 3. The van der Waals surface area contributed by atoms with Crippen molar-refractivity contribution in [2.45, 2.75) is 31.7 Å². The van der Waals surface area contributed by atoms with E-state index in [1.807, 2.05) is 37.3 Å². The molecule has 3 heterocycles. The van der Waals surface area contributed by atoms with Gasteiger partial charge in [-0.25, -0.2) is 9.37 Å². The van der Waals surface area contributed by atoms with Crippen LogP contribution in [0.15, 0.2) is 109 Å². The molecule has 5 nitrogen and oxygen atoms in total. The van der Waals surface area contributed by atoms with Crippen molar-refractivity contribution in [3.05, 3.63) is 132 Å². The predicted molar refractivity (Wildman–Crippen MR) is 155 cm³/mol. The van der Waals surface area contributed by atoms with Gasteiger partial charge in [0.05, 0.1) is 11.9 Å². The Morgan fingerprint density at radius 2 is 1.54 bits per heavy atom. The summed E-state index contributed by atoms with van der Waals surface area (Å²) < 4.78 is 16.2. The molecule has 1 aliphatic heterocycles. The molecule has 1 aliphatic rings. The maximum Gasteiger partial charge on any atom is 0.194 e. The number of hydrogen-bond donors (Lipinski definition) is 1. The lowest BCUT2D eigenvalue weighted by atomic mass is 9.87. The number of nitrogens with zero attached hydrogens (tertiary/aromatic N) is 4. The van der Waals surface area contributed by atoms with Gasteiger partial charge in [-0.2, -0.15) is 9.61 Å². The molecule has 0 atom stereocenters. The highest BCUT2D eigenvalue weighted by Crippen LogP contribution is 2.34. The first-order valence-corrected chi connectivity index (χ1v) is 13.5. The second-order valence-corrected chi connectivity index (χ2v) is 10.2. The van der Waals surface area contributed by atoms with Crippen molar-refractivity contribution in [1.82, 2.24) is 19.5 Å². The molecule has 0 amide bonds. The van der Waals surface area contributed by atoms with E-state index < -0.39 is 5.82 Å². The van der Waals surface area contributed by atoms with Crippen molar-refractivity contribution in [1.29, 1.82) is 0 Å². The zero-order valence-electron chi connectivity index (χ0n) is 22.1. The van der Waals surface area contributed by atoms with E-state index in [2.05, 4.69) is 87.5 Å². The zero-order valence-corrected chi connectivity index (χ0v) is 22.1. The molecule has 1 fully saturated rings. The van der Waals surface area contributed by atoms with Gasteiger partial charge in [0.2, 0.25) is 0 Å². The maximum atomic E-state index is 14.6. The van der Waals surface area contributed by atoms with Crippen LogP contribution in [-0.4, -0.2) is 38.6 Å². The molecule has 1 saturated heterocycles. The van der Waals surface area contributed by atoms with Crippen LogP contribution in [0.3, 0.4) is 0 Å². The molecule has 6 rings (SSSR count). The summed E-state index contributed by atoms with van der Waals surface area (Å²) in [4.78, 5) is 7.01. The van der Waals surface area contributed by atoms with Crippen LogP contribution in [0.2, 0.25) is 0 Å². The third-order valence-electron chi connectivity index (χ3n) is 7.70. The Bertz CT molecular complexity index is 1550. The number of piperidine rings is 1. The van der Waals surface area contributed by atoms with Crippen molar-refractivity contribution in [2.75, 3.05) is 18.4 Å².